The second-order valence-corrected chi connectivity index (χ2v) is 9.92. The number of nitrogens with zero attached hydrogens (tertiary/aromatic N) is 2. The van der Waals surface area contributed by atoms with E-state index in [4.69, 9.17) is 0 Å². The van der Waals surface area contributed by atoms with Gasteiger partial charge in [-0.2, -0.15) is 4.31 Å². The normalized spacial score (nSPS) is 14.7. The third-order valence-electron chi connectivity index (χ3n) is 5.52. The van der Waals surface area contributed by atoms with Crippen molar-refractivity contribution in [1.29, 1.82) is 0 Å². The molecule has 0 unspecified atom stereocenters. The van der Waals surface area contributed by atoms with E-state index in [-0.39, 0.29) is 23.1 Å². The predicted molar refractivity (Wildman–Crippen MR) is 119 cm³/mol. The van der Waals surface area contributed by atoms with Gasteiger partial charge in [0.15, 0.2) is 5.78 Å². The van der Waals surface area contributed by atoms with Crippen molar-refractivity contribution < 1.29 is 18.0 Å². The van der Waals surface area contributed by atoms with Gasteiger partial charge in [0.1, 0.15) is 0 Å². The summed E-state index contributed by atoms with van der Waals surface area (Å²) in [6.07, 6.45) is 2.44. The van der Waals surface area contributed by atoms with Gasteiger partial charge in [0.2, 0.25) is 15.9 Å². The Hall–Kier alpha value is -2.55. The molecule has 8 heteroatoms. The molecular weight excluding hydrogens is 414 g/mol. The lowest BCUT2D eigenvalue weighted by Gasteiger charge is -2.19. The molecule has 0 radical (unpaired) electrons. The van der Waals surface area contributed by atoms with Gasteiger partial charge in [-0.15, -0.1) is 0 Å². The zero-order valence-electron chi connectivity index (χ0n) is 18.0. The molecule has 0 spiro atoms. The van der Waals surface area contributed by atoms with Gasteiger partial charge in [-0.3, -0.25) is 14.5 Å². The monoisotopic (exact) mass is 443 g/mol. The summed E-state index contributed by atoms with van der Waals surface area (Å²) in [6, 6.07) is 13.7. The molecule has 1 aliphatic rings. The maximum Gasteiger partial charge on any atom is 0.243 e. The number of hydrogen-bond donors (Lipinski definition) is 1. The number of amides is 1. The van der Waals surface area contributed by atoms with Crippen molar-refractivity contribution in [2.24, 2.45) is 0 Å². The third-order valence-corrected chi connectivity index (χ3v) is 7.34. The molecule has 1 fully saturated rings. The molecule has 2 aromatic carbocycles. The van der Waals surface area contributed by atoms with Crippen molar-refractivity contribution in [3.63, 3.8) is 0 Å². The topological polar surface area (TPSA) is 86.8 Å². The summed E-state index contributed by atoms with van der Waals surface area (Å²) in [5, 5.41) is 2.83. The first kappa shape index (κ1) is 23.1. The number of benzene rings is 2. The Bertz CT molecular complexity index is 1030. The summed E-state index contributed by atoms with van der Waals surface area (Å²) in [5.74, 6) is -0.510. The van der Waals surface area contributed by atoms with Gasteiger partial charge in [0.25, 0.3) is 0 Å². The molecule has 0 saturated carbocycles. The minimum absolute atomic E-state index is 0.0451. The average Bonchev–Trinajstić information content (AvgIpc) is 3.26. The number of likely N-dealkylation sites (tertiary alicyclic amines) is 1. The first-order valence-corrected chi connectivity index (χ1v) is 11.8. The van der Waals surface area contributed by atoms with Crippen molar-refractivity contribution in [2.45, 2.75) is 37.8 Å². The number of sulfonamides is 1. The Balaban J connectivity index is 1.58. The molecule has 7 nitrogen and oxygen atoms in total. The highest BCUT2D eigenvalue weighted by atomic mass is 32.2. The number of ketones is 1. The van der Waals surface area contributed by atoms with Crippen molar-refractivity contribution in [2.75, 3.05) is 26.7 Å². The number of hydrogen-bond acceptors (Lipinski definition) is 5. The molecule has 166 valence electrons. The minimum Gasteiger partial charge on any atom is -0.351 e. The number of rotatable bonds is 9. The minimum atomic E-state index is -3.83. The number of likely N-dealkylation sites (N-methyl/N-ethyl adjacent to an activating group) is 1. The van der Waals surface area contributed by atoms with E-state index in [1.807, 2.05) is 18.2 Å². The smallest absolute Gasteiger partial charge is 0.243 e. The van der Waals surface area contributed by atoms with Crippen LogP contribution in [0, 0.1) is 0 Å². The van der Waals surface area contributed by atoms with Crippen LogP contribution in [0.2, 0.25) is 0 Å². The number of carbonyl (C=O) groups is 2. The first-order valence-electron chi connectivity index (χ1n) is 10.4. The quantitative estimate of drug-likeness (QED) is 0.602. The highest BCUT2D eigenvalue weighted by molar-refractivity contribution is 7.89. The molecule has 1 N–H and O–H groups in total. The lowest BCUT2D eigenvalue weighted by Crippen LogP contribution is -2.38. The van der Waals surface area contributed by atoms with Gasteiger partial charge in [-0.05, 0) is 56.1 Å². The summed E-state index contributed by atoms with van der Waals surface area (Å²) in [6.45, 7) is 4.53. The largest absolute Gasteiger partial charge is 0.351 e. The fraction of sp³-hybridized carbons (Fsp3) is 0.391. The van der Waals surface area contributed by atoms with Crippen LogP contribution in [0.25, 0.3) is 0 Å². The van der Waals surface area contributed by atoms with E-state index in [0.717, 1.165) is 29.5 Å². The Labute approximate surface area is 184 Å². The molecule has 1 amide bonds. The van der Waals surface area contributed by atoms with Crippen LogP contribution >= 0.6 is 0 Å². The van der Waals surface area contributed by atoms with Crippen LogP contribution in [-0.2, 0) is 27.9 Å². The first-order chi connectivity index (χ1) is 14.8. The molecule has 0 aliphatic carbocycles. The Morgan fingerprint density at radius 1 is 1.00 bits per heavy atom. The van der Waals surface area contributed by atoms with Gasteiger partial charge in [-0.25, -0.2) is 8.42 Å². The van der Waals surface area contributed by atoms with Crippen molar-refractivity contribution in [3.8, 4) is 0 Å². The molecule has 2 aromatic rings. The summed E-state index contributed by atoms with van der Waals surface area (Å²) in [4.78, 5) is 26.3. The molecule has 1 heterocycles. The van der Waals surface area contributed by atoms with E-state index in [1.165, 1.54) is 56.6 Å². The van der Waals surface area contributed by atoms with Crippen LogP contribution in [0.15, 0.2) is 53.4 Å². The molecule has 3 rings (SSSR count). The Morgan fingerprint density at radius 2 is 1.61 bits per heavy atom. The van der Waals surface area contributed by atoms with Gasteiger partial charge >= 0.3 is 0 Å². The third kappa shape index (κ3) is 6.00. The van der Waals surface area contributed by atoms with E-state index in [2.05, 4.69) is 16.3 Å². The second kappa shape index (κ2) is 10.2. The SMILES string of the molecule is CC(=O)c1ccc(S(=O)(=O)N(C)CC(=O)NCc2ccccc2CN2CCCC2)cc1. The molecule has 0 bridgehead atoms. The summed E-state index contributed by atoms with van der Waals surface area (Å²) >= 11 is 0. The second-order valence-electron chi connectivity index (χ2n) is 7.87. The molecule has 0 atom stereocenters. The van der Waals surface area contributed by atoms with Crippen molar-refractivity contribution in [1.82, 2.24) is 14.5 Å². The Morgan fingerprint density at radius 3 is 2.23 bits per heavy atom. The lowest BCUT2D eigenvalue weighted by molar-refractivity contribution is -0.121. The molecule has 0 aromatic heterocycles. The van der Waals surface area contributed by atoms with E-state index >= 15 is 0 Å². The maximum absolute atomic E-state index is 12.7. The molecule has 31 heavy (non-hydrogen) atoms. The van der Waals surface area contributed by atoms with E-state index < -0.39 is 10.0 Å². The zero-order valence-corrected chi connectivity index (χ0v) is 18.8. The van der Waals surface area contributed by atoms with Crippen LogP contribution < -0.4 is 5.32 Å². The van der Waals surface area contributed by atoms with Gasteiger partial charge in [0, 0.05) is 25.7 Å². The molecule has 1 aliphatic heterocycles. The fourth-order valence-corrected chi connectivity index (χ4v) is 4.77. The fourth-order valence-electron chi connectivity index (χ4n) is 3.64. The highest BCUT2D eigenvalue weighted by Gasteiger charge is 2.23. The van der Waals surface area contributed by atoms with Crippen LogP contribution in [0.4, 0.5) is 0 Å². The summed E-state index contributed by atoms with van der Waals surface area (Å²) < 4.78 is 26.5. The summed E-state index contributed by atoms with van der Waals surface area (Å²) in [5.41, 5.74) is 2.65. The summed E-state index contributed by atoms with van der Waals surface area (Å²) in [7, 11) is -2.46. The number of Topliss-reactive ketones (excluding diaryl/α,β-unsaturated/α-hetero) is 1. The van der Waals surface area contributed by atoms with Crippen LogP contribution in [0.3, 0.4) is 0 Å². The zero-order chi connectivity index (χ0) is 22.4. The van der Waals surface area contributed by atoms with Gasteiger partial charge < -0.3 is 5.32 Å². The van der Waals surface area contributed by atoms with Crippen LogP contribution in [-0.4, -0.2) is 56.0 Å². The van der Waals surface area contributed by atoms with Crippen molar-refractivity contribution in [3.05, 3.63) is 65.2 Å². The maximum atomic E-state index is 12.7. The van der Waals surface area contributed by atoms with E-state index in [1.54, 1.807) is 0 Å². The van der Waals surface area contributed by atoms with Crippen LogP contribution in [0.5, 0.6) is 0 Å². The highest BCUT2D eigenvalue weighted by Crippen LogP contribution is 2.17. The number of nitrogens with one attached hydrogen (secondary N) is 1. The predicted octanol–water partition coefficient (Wildman–Crippen LogP) is 2.42. The molecular formula is C23H29N3O4S. The van der Waals surface area contributed by atoms with E-state index in [0.29, 0.717) is 12.1 Å². The van der Waals surface area contributed by atoms with Crippen LogP contribution in [0.1, 0.15) is 41.3 Å². The standard InChI is InChI=1S/C23H29N3O4S/c1-18(27)19-9-11-22(12-10-19)31(29,30)25(2)17-23(28)24-15-20-7-3-4-8-21(20)16-26-13-5-6-14-26/h3-4,7-12H,5-6,13-17H2,1-2H3,(H,24,28). The van der Waals surface area contributed by atoms with E-state index in [9.17, 15) is 18.0 Å². The Kier molecular flexibility index (Phi) is 7.59. The number of carbonyl (C=O) groups excluding carboxylic acids is 2. The van der Waals surface area contributed by atoms with Crippen molar-refractivity contribution >= 4 is 21.7 Å². The molecule has 1 saturated heterocycles. The lowest BCUT2D eigenvalue weighted by atomic mass is 10.1. The van der Waals surface area contributed by atoms with Gasteiger partial charge in [-0.1, -0.05) is 36.4 Å². The van der Waals surface area contributed by atoms with Gasteiger partial charge in [0.05, 0.1) is 11.4 Å². The average molecular weight is 444 g/mol.